The second kappa shape index (κ2) is 15.5. The Balaban J connectivity index is 2.20. The zero-order valence-corrected chi connectivity index (χ0v) is 18.2. The van der Waals surface area contributed by atoms with Crippen LogP contribution in [0.2, 0.25) is 0 Å². The Morgan fingerprint density at radius 2 is 1.18 bits per heavy atom. The van der Waals surface area contributed by atoms with Gasteiger partial charge in [0.05, 0.1) is 11.6 Å². The lowest BCUT2D eigenvalue weighted by Crippen LogP contribution is -2.39. The minimum absolute atomic E-state index is 0.187. The van der Waals surface area contributed by atoms with Gasteiger partial charge in [-0.2, -0.15) is 0 Å². The lowest BCUT2D eigenvalue weighted by Gasteiger charge is -2.20. The van der Waals surface area contributed by atoms with Gasteiger partial charge in [-0.1, -0.05) is 97.3 Å². The van der Waals surface area contributed by atoms with Crippen molar-refractivity contribution in [3.8, 4) is 0 Å². The molecule has 0 aromatic carbocycles. The third-order valence-corrected chi connectivity index (χ3v) is 5.61. The average Bonchev–Trinajstić information content (AvgIpc) is 2.69. The lowest BCUT2D eigenvalue weighted by molar-refractivity contribution is -0.141. The summed E-state index contributed by atoms with van der Waals surface area (Å²) in [6.45, 7) is 5.04. The summed E-state index contributed by atoms with van der Waals surface area (Å²) in [5, 5.41) is 3.07. The minimum Gasteiger partial charge on any atom is -0.382 e. The Morgan fingerprint density at radius 1 is 0.679 bits per heavy atom. The van der Waals surface area contributed by atoms with Gasteiger partial charge >= 0.3 is 0 Å². The van der Waals surface area contributed by atoms with Gasteiger partial charge in [-0.25, -0.2) is 0 Å². The molecule has 1 rings (SSSR count). The second-order valence-corrected chi connectivity index (χ2v) is 8.16. The molecule has 0 saturated heterocycles. The fraction of sp³-hybridized carbons (Fsp3) is 0.792. The highest BCUT2D eigenvalue weighted by atomic mass is 16.2. The molecule has 28 heavy (non-hydrogen) atoms. The Bertz CT molecular complexity index is 510. The van der Waals surface area contributed by atoms with E-state index in [1.54, 1.807) is 0 Å². The molecule has 1 N–H and O–H groups in total. The van der Waals surface area contributed by atoms with E-state index in [1.165, 1.54) is 57.4 Å². The standard InChI is InChI=1S/C24H41NO3/c1-3-5-7-8-9-10-11-12-13-14-15-17-20-23(27)21(19-22(26)24(20)28)25-18-16-6-4-2/h19-20,25H,3-18H2,1-2H3. The van der Waals surface area contributed by atoms with E-state index >= 15 is 0 Å². The number of ketones is 3. The van der Waals surface area contributed by atoms with E-state index in [0.29, 0.717) is 18.7 Å². The van der Waals surface area contributed by atoms with Gasteiger partial charge in [0.2, 0.25) is 11.6 Å². The van der Waals surface area contributed by atoms with E-state index in [2.05, 4.69) is 19.2 Å². The summed E-state index contributed by atoms with van der Waals surface area (Å²) in [6.07, 6.45) is 18.4. The van der Waals surface area contributed by atoms with Crippen LogP contribution in [-0.4, -0.2) is 23.9 Å². The van der Waals surface area contributed by atoms with E-state index in [0.717, 1.165) is 38.5 Å². The van der Waals surface area contributed by atoms with Crippen molar-refractivity contribution in [3.05, 3.63) is 11.8 Å². The van der Waals surface area contributed by atoms with Gasteiger partial charge < -0.3 is 5.32 Å². The number of hydrogen-bond acceptors (Lipinski definition) is 4. The van der Waals surface area contributed by atoms with Crippen LogP contribution < -0.4 is 5.32 Å². The monoisotopic (exact) mass is 391 g/mol. The molecule has 4 nitrogen and oxygen atoms in total. The molecule has 160 valence electrons. The maximum Gasteiger partial charge on any atom is 0.224 e. The summed E-state index contributed by atoms with van der Waals surface area (Å²) in [6, 6.07) is 0. The molecule has 0 aromatic rings. The minimum atomic E-state index is -0.759. The molecular weight excluding hydrogens is 350 g/mol. The van der Waals surface area contributed by atoms with E-state index in [9.17, 15) is 14.4 Å². The zero-order chi connectivity index (χ0) is 20.6. The van der Waals surface area contributed by atoms with Gasteiger partial charge in [-0.05, 0) is 12.8 Å². The van der Waals surface area contributed by atoms with Crippen LogP contribution in [0, 0.1) is 5.92 Å². The maximum atomic E-state index is 12.6. The summed E-state index contributed by atoms with van der Waals surface area (Å²) < 4.78 is 0. The van der Waals surface area contributed by atoms with E-state index in [-0.39, 0.29) is 5.78 Å². The molecule has 4 heteroatoms. The highest BCUT2D eigenvalue weighted by molar-refractivity contribution is 6.49. The lowest BCUT2D eigenvalue weighted by atomic mass is 9.84. The fourth-order valence-electron chi connectivity index (χ4n) is 3.76. The molecule has 1 unspecified atom stereocenters. The number of unbranched alkanes of at least 4 members (excludes halogenated alkanes) is 12. The first kappa shape index (κ1) is 24.6. The maximum absolute atomic E-state index is 12.6. The summed E-state index contributed by atoms with van der Waals surface area (Å²) in [7, 11) is 0. The number of hydrogen-bond donors (Lipinski definition) is 1. The Hall–Kier alpha value is -1.45. The van der Waals surface area contributed by atoms with E-state index in [1.807, 2.05) is 0 Å². The van der Waals surface area contributed by atoms with Crippen LogP contribution in [0.4, 0.5) is 0 Å². The smallest absolute Gasteiger partial charge is 0.224 e. The second-order valence-electron chi connectivity index (χ2n) is 8.16. The fourth-order valence-corrected chi connectivity index (χ4v) is 3.76. The molecule has 0 fully saturated rings. The van der Waals surface area contributed by atoms with Crippen molar-refractivity contribution in [2.24, 2.45) is 5.92 Å². The van der Waals surface area contributed by atoms with Crippen molar-refractivity contribution in [1.82, 2.24) is 5.32 Å². The predicted molar refractivity (Wildman–Crippen MR) is 115 cm³/mol. The Kier molecular flexibility index (Phi) is 13.6. The van der Waals surface area contributed by atoms with Crippen LogP contribution in [0.3, 0.4) is 0 Å². The third kappa shape index (κ3) is 9.66. The van der Waals surface area contributed by atoms with Crippen LogP contribution in [0.5, 0.6) is 0 Å². The highest BCUT2D eigenvalue weighted by Crippen LogP contribution is 2.21. The number of carbonyl (C=O) groups is 3. The van der Waals surface area contributed by atoms with Gasteiger partial charge in [0.15, 0.2) is 5.78 Å². The topological polar surface area (TPSA) is 63.2 Å². The first-order chi connectivity index (χ1) is 13.6. The number of nitrogens with one attached hydrogen (secondary N) is 1. The molecule has 0 amide bonds. The normalized spacial score (nSPS) is 17.1. The number of rotatable bonds is 17. The number of Topliss-reactive ketones (excluding diaryl/α,β-unsaturated/α-hetero) is 2. The van der Waals surface area contributed by atoms with Crippen LogP contribution >= 0.6 is 0 Å². The summed E-state index contributed by atoms with van der Waals surface area (Å²) >= 11 is 0. The van der Waals surface area contributed by atoms with Crippen molar-refractivity contribution < 1.29 is 14.4 Å². The Labute approximate surface area is 171 Å². The Morgan fingerprint density at radius 3 is 1.75 bits per heavy atom. The molecule has 0 aromatic heterocycles. The number of allylic oxidation sites excluding steroid dienone is 2. The number of carbonyl (C=O) groups excluding carboxylic acids is 3. The van der Waals surface area contributed by atoms with Crippen LogP contribution in [0.1, 0.15) is 110 Å². The van der Waals surface area contributed by atoms with Crippen molar-refractivity contribution >= 4 is 17.3 Å². The quantitative estimate of drug-likeness (QED) is 0.197. The molecule has 0 spiro atoms. The van der Waals surface area contributed by atoms with Crippen LogP contribution in [0.25, 0.3) is 0 Å². The molecule has 1 aliphatic carbocycles. The average molecular weight is 392 g/mol. The van der Waals surface area contributed by atoms with E-state index < -0.39 is 17.5 Å². The molecule has 0 radical (unpaired) electrons. The van der Waals surface area contributed by atoms with Gasteiger partial charge in [0.25, 0.3) is 0 Å². The van der Waals surface area contributed by atoms with Crippen molar-refractivity contribution in [2.45, 2.75) is 110 Å². The molecular formula is C24H41NO3. The molecule has 0 bridgehead atoms. The van der Waals surface area contributed by atoms with Gasteiger partial charge in [-0.3, -0.25) is 14.4 Å². The highest BCUT2D eigenvalue weighted by Gasteiger charge is 2.36. The first-order valence-electron chi connectivity index (χ1n) is 11.7. The zero-order valence-electron chi connectivity index (χ0n) is 18.2. The van der Waals surface area contributed by atoms with Crippen molar-refractivity contribution in [3.63, 3.8) is 0 Å². The van der Waals surface area contributed by atoms with Crippen LogP contribution in [0.15, 0.2) is 11.8 Å². The van der Waals surface area contributed by atoms with Gasteiger partial charge in [-0.15, -0.1) is 0 Å². The summed E-state index contributed by atoms with van der Waals surface area (Å²) in [5.41, 5.74) is 0.341. The van der Waals surface area contributed by atoms with Crippen molar-refractivity contribution in [2.75, 3.05) is 6.54 Å². The predicted octanol–water partition coefficient (Wildman–Crippen LogP) is 5.69. The summed E-state index contributed by atoms with van der Waals surface area (Å²) in [4.78, 5) is 36.6. The van der Waals surface area contributed by atoms with Gasteiger partial charge in [0, 0.05) is 12.6 Å². The van der Waals surface area contributed by atoms with E-state index in [4.69, 9.17) is 0 Å². The third-order valence-electron chi connectivity index (χ3n) is 5.61. The largest absolute Gasteiger partial charge is 0.382 e. The molecule has 1 atom stereocenters. The molecule has 0 heterocycles. The van der Waals surface area contributed by atoms with Crippen molar-refractivity contribution in [1.29, 1.82) is 0 Å². The van der Waals surface area contributed by atoms with Crippen LogP contribution in [-0.2, 0) is 14.4 Å². The molecule has 0 aliphatic heterocycles. The molecule has 0 saturated carbocycles. The SMILES string of the molecule is CCCCCCCCCCCCCC1C(=O)C(=O)C=C(NCCCCC)C1=O. The first-order valence-corrected chi connectivity index (χ1v) is 11.7. The van der Waals surface area contributed by atoms with Gasteiger partial charge in [0.1, 0.15) is 0 Å². The summed E-state index contributed by atoms with van der Waals surface area (Å²) in [5.74, 6) is -1.99. The molecule has 1 aliphatic rings.